The number of hydrogen-bond acceptors (Lipinski definition) is 0. The van der Waals surface area contributed by atoms with Gasteiger partial charge in [0.15, 0.2) is 0 Å². The third kappa shape index (κ3) is 3.44. The predicted octanol–water partition coefficient (Wildman–Crippen LogP) is 10.5. The summed E-state index contributed by atoms with van der Waals surface area (Å²) in [4.78, 5) is 0. The molecule has 0 N–H and O–H groups in total. The second kappa shape index (κ2) is 9.11. The molecule has 41 heavy (non-hydrogen) atoms. The van der Waals surface area contributed by atoms with Crippen LogP contribution in [0.2, 0.25) is 0 Å². The Balaban J connectivity index is 1.55. The number of aromatic nitrogens is 2. The molecule has 2 heterocycles. The summed E-state index contributed by atoms with van der Waals surface area (Å²) >= 11 is 0. The number of allylic oxidation sites excluding steroid dienone is 2. The van der Waals surface area contributed by atoms with E-state index in [9.17, 15) is 0 Å². The highest BCUT2D eigenvalue weighted by Gasteiger charge is 2.20. The molecule has 8 rings (SSSR count). The first-order valence-electron chi connectivity index (χ1n) is 14.1. The summed E-state index contributed by atoms with van der Waals surface area (Å²) in [5.74, 6) is 0. The van der Waals surface area contributed by atoms with E-state index in [0.29, 0.717) is 0 Å². The van der Waals surface area contributed by atoms with Crippen molar-refractivity contribution >= 4 is 60.5 Å². The fraction of sp³-hybridized carbons (Fsp3) is 0.0256. The highest BCUT2D eigenvalue weighted by atomic mass is 15.0. The fourth-order valence-electron chi connectivity index (χ4n) is 6.59. The van der Waals surface area contributed by atoms with Gasteiger partial charge in [-0.05, 0) is 54.3 Å². The molecule has 2 nitrogen and oxygen atoms in total. The van der Waals surface area contributed by atoms with Gasteiger partial charge in [0.05, 0.1) is 33.4 Å². The van der Waals surface area contributed by atoms with Gasteiger partial charge in [0.25, 0.3) is 0 Å². The molecule has 8 aromatic rings. The van der Waals surface area contributed by atoms with Crippen molar-refractivity contribution in [2.45, 2.75) is 6.92 Å². The lowest BCUT2D eigenvalue weighted by Crippen LogP contribution is -1.99. The number of para-hydroxylation sites is 2. The minimum atomic E-state index is 1.17. The molecular weight excluding hydrogens is 496 g/mol. The lowest BCUT2D eigenvalue weighted by Gasteiger charge is -2.14. The van der Waals surface area contributed by atoms with E-state index in [1.807, 2.05) is 12.2 Å². The molecule has 0 spiro atoms. The van der Waals surface area contributed by atoms with Crippen molar-refractivity contribution in [1.29, 1.82) is 0 Å². The van der Waals surface area contributed by atoms with E-state index in [0.717, 1.165) is 0 Å². The molecule has 0 aliphatic heterocycles. The van der Waals surface area contributed by atoms with Gasteiger partial charge in [-0.3, -0.25) is 0 Å². The molecule has 0 fully saturated rings. The van der Waals surface area contributed by atoms with Crippen LogP contribution in [0, 0.1) is 6.92 Å². The van der Waals surface area contributed by atoms with E-state index in [4.69, 9.17) is 0 Å². The molecule has 0 bridgehead atoms. The van der Waals surface area contributed by atoms with E-state index in [1.165, 1.54) is 76.9 Å². The molecule has 0 atom stereocenters. The van der Waals surface area contributed by atoms with Crippen molar-refractivity contribution < 1.29 is 0 Å². The number of nitrogens with zero attached hydrogens (tertiary/aromatic N) is 2. The van der Waals surface area contributed by atoms with Gasteiger partial charge < -0.3 is 9.13 Å². The second-order valence-electron chi connectivity index (χ2n) is 10.7. The summed E-state index contributed by atoms with van der Waals surface area (Å²) in [5.41, 5.74) is 9.66. The van der Waals surface area contributed by atoms with Crippen molar-refractivity contribution in [2.75, 3.05) is 0 Å². The zero-order chi connectivity index (χ0) is 27.5. The third-order valence-corrected chi connectivity index (χ3v) is 8.41. The van der Waals surface area contributed by atoms with Crippen LogP contribution in [-0.4, -0.2) is 9.13 Å². The van der Waals surface area contributed by atoms with E-state index in [1.54, 1.807) is 0 Å². The summed E-state index contributed by atoms with van der Waals surface area (Å²) in [5, 5.41) is 7.50. The van der Waals surface area contributed by atoms with Crippen LogP contribution in [-0.2, 0) is 0 Å². The molecule has 0 radical (unpaired) electrons. The van der Waals surface area contributed by atoms with Gasteiger partial charge in [-0.1, -0.05) is 110 Å². The zero-order valence-corrected chi connectivity index (χ0v) is 22.9. The molecule has 0 aliphatic carbocycles. The molecule has 6 aromatic carbocycles. The Morgan fingerprint density at radius 1 is 0.512 bits per heavy atom. The topological polar surface area (TPSA) is 9.86 Å². The summed E-state index contributed by atoms with van der Waals surface area (Å²) in [6, 6.07) is 44.2. The van der Waals surface area contributed by atoms with Crippen LogP contribution in [0.25, 0.3) is 71.8 Å². The number of fused-ring (bicyclic) bond motifs is 7. The second-order valence-corrected chi connectivity index (χ2v) is 10.7. The van der Waals surface area contributed by atoms with Crippen molar-refractivity contribution in [2.24, 2.45) is 0 Å². The van der Waals surface area contributed by atoms with Gasteiger partial charge in [-0.2, -0.15) is 0 Å². The molecular formula is C39H28N2. The van der Waals surface area contributed by atoms with E-state index >= 15 is 0 Å². The van der Waals surface area contributed by atoms with Crippen LogP contribution < -0.4 is 0 Å². The summed E-state index contributed by atoms with van der Waals surface area (Å²) in [6.07, 6.45) is 6.03. The Morgan fingerprint density at radius 2 is 1.05 bits per heavy atom. The van der Waals surface area contributed by atoms with Gasteiger partial charge in [0.2, 0.25) is 0 Å². The largest absolute Gasteiger partial charge is 0.309 e. The number of hydrogen-bond donors (Lipinski definition) is 0. The number of aryl methyl sites for hydroxylation is 1. The SMILES string of the molecule is C=C/C=C\c1c(C)cccc1-n1c2ccccc2c2cc3c(cc21)c1ccccc1n3-c1cccc2ccccc12. The molecule has 0 amide bonds. The van der Waals surface area contributed by atoms with Crippen LogP contribution in [0.1, 0.15) is 11.1 Å². The minimum absolute atomic E-state index is 1.17. The molecule has 0 unspecified atom stereocenters. The monoisotopic (exact) mass is 524 g/mol. The Labute approximate surface area is 238 Å². The van der Waals surface area contributed by atoms with Crippen LogP contribution in [0.15, 0.2) is 140 Å². The summed E-state index contributed by atoms with van der Waals surface area (Å²) in [7, 11) is 0. The quantitative estimate of drug-likeness (QED) is 0.203. The van der Waals surface area contributed by atoms with Gasteiger partial charge in [0.1, 0.15) is 0 Å². The van der Waals surface area contributed by atoms with E-state index in [2.05, 4.69) is 150 Å². The van der Waals surface area contributed by atoms with Gasteiger partial charge >= 0.3 is 0 Å². The Kier molecular flexibility index (Phi) is 5.23. The van der Waals surface area contributed by atoms with Crippen LogP contribution in [0.5, 0.6) is 0 Å². The first kappa shape index (κ1) is 23.5. The molecule has 0 saturated carbocycles. The Hall–Kier alpha value is -5.34. The lowest BCUT2D eigenvalue weighted by atomic mass is 10.1. The van der Waals surface area contributed by atoms with E-state index in [-0.39, 0.29) is 0 Å². The van der Waals surface area contributed by atoms with Crippen LogP contribution in [0.4, 0.5) is 0 Å². The Bertz CT molecular complexity index is 2340. The van der Waals surface area contributed by atoms with Crippen molar-refractivity contribution in [3.05, 3.63) is 151 Å². The first-order valence-corrected chi connectivity index (χ1v) is 14.1. The van der Waals surface area contributed by atoms with Gasteiger partial charge in [-0.15, -0.1) is 0 Å². The highest BCUT2D eigenvalue weighted by molar-refractivity contribution is 6.19. The smallest absolute Gasteiger partial charge is 0.0549 e. The van der Waals surface area contributed by atoms with Crippen molar-refractivity contribution in [3.8, 4) is 11.4 Å². The van der Waals surface area contributed by atoms with Crippen LogP contribution in [0.3, 0.4) is 0 Å². The fourth-order valence-corrected chi connectivity index (χ4v) is 6.59. The Morgan fingerprint density at radius 3 is 1.73 bits per heavy atom. The maximum absolute atomic E-state index is 3.91. The standard InChI is InChI=1S/C39H28N2/c1-3-4-16-28-26(2)13-11-22-34(28)40-36-20-9-7-18-30(36)32-25-39-33(24-38(32)40)31-19-8-10-21-37(31)41(39)35-23-12-15-27-14-5-6-17-29(27)35/h3-25H,1H2,2H3/b16-4-. The maximum atomic E-state index is 3.91. The molecule has 2 heteroatoms. The molecule has 2 aromatic heterocycles. The molecule has 0 aliphatic rings. The van der Waals surface area contributed by atoms with Crippen molar-refractivity contribution in [1.82, 2.24) is 9.13 Å². The molecule has 0 saturated heterocycles. The maximum Gasteiger partial charge on any atom is 0.0549 e. The molecule has 194 valence electrons. The zero-order valence-electron chi connectivity index (χ0n) is 22.9. The normalized spacial score (nSPS) is 12.0. The average molecular weight is 525 g/mol. The number of benzene rings is 6. The average Bonchev–Trinajstić information content (AvgIpc) is 3.51. The summed E-state index contributed by atoms with van der Waals surface area (Å²) in [6.45, 7) is 6.09. The third-order valence-electron chi connectivity index (χ3n) is 8.41. The van der Waals surface area contributed by atoms with Crippen LogP contribution >= 0.6 is 0 Å². The highest BCUT2D eigenvalue weighted by Crippen LogP contribution is 2.41. The first-order chi connectivity index (χ1) is 20.2. The minimum Gasteiger partial charge on any atom is -0.309 e. The predicted molar refractivity (Wildman–Crippen MR) is 177 cm³/mol. The van der Waals surface area contributed by atoms with E-state index < -0.39 is 0 Å². The van der Waals surface area contributed by atoms with Gasteiger partial charge in [-0.25, -0.2) is 0 Å². The van der Waals surface area contributed by atoms with Gasteiger partial charge in [0, 0.05) is 32.5 Å². The number of rotatable bonds is 4. The lowest BCUT2D eigenvalue weighted by molar-refractivity contribution is 1.16. The van der Waals surface area contributed by atoms with Crippen molar-refractivity contribution in [3.63, 3.8) is 0 Å². The summed E-state index contributed by atoms with van der Waals surface area (Å²) < 4.78 is 4.88.